The van der Waals surface area contributed by atoms with Gasteiger partial charge in [-0.3, -0.25) is 0 Å². The Bertz CT molecular complexity index is 684. The van der Waals surface area contributed by atoms with Crippen molar-refractivity contribution in [3.63, 3.8) is 0 Å². The molecule has 3 rings (SSSR count). The molecule has 1 aliphatic heterocycles. The summed E-state index contributed by atoms with van der Waals surface area (Å²) in [7, 11) is -2.48. The fourth-order valence-corrected chi connectivity index (χ4v) is 9.15. The van der Waals surface area contributed by atoms with Crippen molar-refractivity contribution >= 4 is 18.7 Å². The fourth-order valence-electron chi connectivity index (χ4n) is 4.40. The summed E-state index contributed by atoms with van der Waals surface area (Å²) in [5.74, 6) is 0. The van der Waals surface area contributed by atoms with Gasteiger partial charge in [-0.15, -0.1) is 6.58 Å². The Morgan fingerprint density at radius 3 is 2.07 bits per heavy atom. The van der Waals surface area contributed by atoms with E-state index < -0.39 is 8.32 Å². The highest BCUT2D eigenvalue weighted by Gasteiger charge is 2.52. The van der Waals surface area contributed by atoms with Crippen LogP contribution in [0.5, 0.6) is 0 Å². The predicted molar refractivity (Wildman–Crippen MR) is 118 cm³/mol. The minimum Gasteiger partial charge on any atom is -0.403 e. The zero-order valence-electron chi connectivity index (χ0n) is 16.9. The number of rotatable bonds is 6. The molecule has 1 aliphatic rings. The van der Waals surface area contributed by atoms with E-state index in [-0.39, 0.29) is 11.1 Å². The van der Waals surface area contributed by atoms with Crippen LogP contribution in [0.1, 0.15) is 40.0 Å². The van der Waals surface area contributed by atoms with Crippen molar-refractivity contribution < 1.29 is 4.43 Å². The van der Waals surface area contributed by atoms with E-state index in [1.165, 1.54) is 10.4 Å². The molecule has 2 nitrogen and oxygen atoms in total. The van der Waals surface area contributed by atoms with Crippen molar-refractivity contribution in [2.75, 3.05) is 6.54 Å². The number of nitrogens with one attached hydrogen (secondary N) is 1. The Morgan fingerprint density at radius 1 is 1.04 bits per heavy atom. The molecule has 0 aliphatic carbocycles. The molecule has 0 radical (unpaired) electrons. The second-order valence-corrected chi connectivity index (χ2v) is 12.8. The van der Waals surface area contributed by atoms with Crippen LogP contribution in [0.2, 0.25) is 5.04 Å². The average Bonchev–Trinajstić information content (AvgIpc) is 2.68. The molecule has 1 heterocycles. The van der Waals surface area contributed by atoms with E-state index >= 15 is 0 Å². The summed E-state index contributed by atoms with van der Waals surface area (Å²) in [6.45, 7) is 12.1. The topological polar surface area (TPSA) is 21.3 Å². The molecule has 27 heavy (non-hydrogen) atoms. The number of benzene rings is 2. The van der Waals surface area contributed by atoms with Crippen LogP contribution in [-0.2, 0) is 4.43 Å². The monoisotopic (exact) mass is 379 g/mol. The maximum atomic E-state index is 7.31. The van der Waals surface area contributed by atoms with E-state index in [0.717, 1.165) is 25.8 Å². The van der Waals surface area contributed by atoms with Gasteiger partial charge in [0.2, 0.25) is 0 Å². The lowest BCUT2D eigenvalue weighted by atomic mass is 9.99. The maximum absolute atomic E-state index is 7.31. The molecule has 0 saturated carbocycles. The highest BCUT2D eigenvalue weighted by molar-refractivity contribution is 6.99. The lowest BCUT2D eigenvalue weighted by Gasteiger charge is -2.47. The van der Waals surface area contributed by atoms with E-state index in [1.54, 1.807) is 0 Å². The van der Waals surface area contributed by atoms with Gasteiger partial charge in [-0.25, -0.2) is 0 Å². The average molecular weight is 380 g/mol. The van der Waals surface area contributed by atoms with Crippen molar-refractivity contribution in [1.82, 2.24) is 5.32 Å². The van der Waals surface area contributed by atoms with Crippen LogP contribution in [0.15, 0.2) is 73.3 Å². The van der Waals surface area contributed by atoms with Gasteiger partial charge in [0.1, 0.15) is 0 Å². The molecular formula is C24H33NOSi. The van der Waals surface area contributed by atoms with Crippen LogP contribution in [0.25, 0.3) is 0 Å². The maximum Gasteiger partial charge on any atom is 0.261 e. The van der Waals surface area contributed by atoms with Crippen LogP contribution < -0.4 is 15.7 Å². The first-order valence-electron chi connectivity index (χ1n) is 10.1. The van der Waals surface area contributed by atoms with Crippen molar-refractivity contribution in [1.29, 1.82) is 0 Å². The molecule has 0 spiro atoms. The Morgan fingerprint density at radius 2 is 1.59 bits per heavy atom. The summed E-state index contributed by atoms with van der Waals surface area (Å²) < 4.78 is 7.31. The van der Waals surface area contributed by atoms with Gasteiger partial charge >= 0.3 is 0 Å². The summed E-state index contributed by atoms with van der Waals surface area (Å²) in [5.41, 5.74) is 0. The summed E-state index contributed by atoms with van der Waals surface area (Å²) >= 11 is 0. The summed E-state index contributed by atoms with van der Waals surface area (Å²) in [6, 6.07) is 22.2. The summed E-state index contributed by atoms with van der Waals surface area (Å²) in [4.78, 5) is 0. The minimum atomic E-state index is -2.48. The largest absolute Gasteiger partial charge is 0.403 e. The van der Waals surface area contributed by atoms with Gasteiger partial charge in [-0.2, -0.15) is 0 Å². The molecule has 2 atom stereocenters. The molecule has 2 aromatic rings. The van der Waals surface area contributed by atoms with Gasteiger partial charge < -0.3 is 9.74 Å². The van der Waals surface area contributed by atoms with E-state index in [4.69, 9.17) is 4.43 Å². The van der Waals surface area contributed by atoms with Crippen LogP contribution in [0, 0.1) is 0 Å². The minimum absolute atomic E-state index is 0.0197. The van der Waals surface area contributed by atoms with Gasteiger partial charge in [0.05, 0.1) is 6.10 Å². The van der Waals surface area contributed by atoms with Gasteiger partial charge in [-0.05, 0) is 41.2 Å². The first-order valence-corrected chi connectivity index (χ1v) is 12.0. The zero-order chi connectivity index (χ0) is 19.3. The Kier molecular flexibility index (Phi) is 6.35. The van der Waals surface area contributed by atoms with Crippen molar-refractivity contribution in [3.8, 4) is 0 Å². The molecule has 1 N–H and O–H groups in total. The SMILES string of the molecule is C=CC[C@H]1NCCC[C@@H]1O[Si](c1ccccc1)(c1ccccc1)C(C)(C)C. The van der Waals surface area contributed by atoms with Gasteiger partial charge in [-0.1, -0.05) is 87.5 Å². The highest BCUT2D eigenvalue weighted by Crippen LogP contribution is 2.38. The fraction of sp³-hybridized carbons (Fsp3) is 0.417. The third-order valence-electron chi connectivity index (χ3n) is 5.69. The molecule has 2 aromatic carbocycles. The van der Waals surface area contributed by atoms with Crippen LogP contribution in [-0.4, -0.2) is 27.0 Å². The van der Waals surface area contributed by atoms with Gasteiger partial charge in [0.25, 0.3) is 8.32 Å². The molecule has 0 unspecified atom stereocenters. The van der Waals surface area contributed by atoms with Gasteiger partial charge in [0.15, 0.2) is 0 Å². The lowest BCUT2D eigenvalue weighted by molar-refractivity contribution is 0.111. The number of piperidine rings is 1. The van der Waals surface area contributed by atoms with Crippen molar-refractivity contribution in [3.05, 3.63) is 73.3 Å². The number of hydrogen-bond donors (Lipinski definition) is 1. The third-order valence-corrected chi connectivity index (χ3v) is 10.7. The zero-order valence-corrected chi connectivity index (χ0v) is 17.9. The van der Waals surface area contributed by atoms with E-state index in [2.05, 4.69) is 93.3 Å². The molecule has 0 amide bonds. The smallest absolute Gasteiger partial charge is 0.261 e. The molecule has 1 saturated heterocycles. The molecule has 0 aromatic heterocycles. The Hall–Kier alpha value is -1.68. The van der Waals surface area contributed by atoms with E-state index in [1.807, 2.05) is 6.08 Å². The van der Waals surface area contributed by atoms with Crippen molar-refractivity contribution in [2.45, 2.75) is 57.2 Å². The standard InChI is InChI=1S/C24H33NOSi/c1-5-13-22-23(18-12-19-25-22)26-27(24(2,3)4,20-14-8-6-9-15-20)21-16-10-7-11-17-21/h5-11,14-17,22-23,25H,1,12-13,18-19H2,2-4H3/t22-,23+/m1/s1. The first-order chi connectivity index (χ1) is 13.0. The normalized spacial score (nSPS) is 21.0. The Balaban J connectivity index is 2.13. The van der Waals surface area contributed by atoms with Crippen LogP contribution in [0.3, 0.4) is 0 Å². The van der Waals surface area contributed by atoms with Crippen LogP contribution in [0.4, 0.5) is 0 Å². The third kappa shape index (κ3) is 4.10. The van der Waals surface area contributed by atoms with Crippen molar-refractivity contribution in [2.24, 2.45) is 0 Å². The summed E-state index contributed by atoms with van der Waals surface area (Å²) in [6.07, 6.45) is 5.45. The van der Waals surface area contributed by atoms with E-state index in [9.17, 15) is 0 Å². The second-order valence-electron chi connectivity index (χ2n) is 8.55. The summed E-state index contributed by atoms with van der Waals surface area (Å²) in [5, 5.41) is 6.40. The first kappa shape index (κ1) is 20.1. The Labute approximate surface area is 165 Å². The van der Waals surface area contributed by atoms with E-state index in [0.29, 0.717) is 6.04 Å². The molecule has 144 valence electrons. The second kappa shape index (κ2) is 8.55. The highest BCUT2D eigenvalue weighted by atomic mass is 28.4. The van der Waals surface area contributed by atoms with Gasteiger partial charge in [0, 0.05) is 6.04 Å². The molecular weight excluding hydrogens is 346 g/mol. The predicted octanol–water partition coefficient (Wildman–Crippen LogP) is 4.26. The molecule has 0 bridgehead atoms. The van der Waals surface area contributed by atoms with Crippen LogP contribution >= 0.6 is 0 Å². The molecule has 1 fully saturated rings. The quantitative estimate of drug-likeness (QED) is 0.598. The molecule has 3 heteroatoms. The number of hydrogen-bond acceptors (Lipinski definition) is 2. The lowest BCUT2D eigenvalue weighted by Crippen LogP contribution is -2.69.